The van der Waals surface area contributed by atoms with Crippen molar-refractivity contribution in [3.05, 3.63) is 0 Å². The van der Waals surface area contributed by atoms with E-state index in [9.17, 15) is 5.11 Å². The van der Waals surface area contributed by atoms with Crippen molar-refractivity contribution >= 4 is 5.90 Å². The van der Waals surface area contributed by atoms with E-state index in [1.165, 1.54) is 38.5 Å². The van der Waals surface area contributed by atoms with Gasteiger partial charge >= 0.3 is 0 Å². The van der Waals surface area contributed by atoms with E-state index >= 15 is 0 Å². The summed E-state index contributed by atoms with van der Waals surface area (Å²) < 4.78 is 5.61. The fourth-order valence-electron chi connectivity index (χ4n) is 2.25. The van der Waals surface area contributed by atoms with E-state index in [0.29, 0.717) is 12.5 Å². The van der Waals surface area contributed by atoms with Crippen LogP contribution in [0.1, 0.15) is 65.7 Å². The summed E-state index contributed by atoms with van der Waals surface area (Å²) in [6, 6.07) is 0. The fourth-order valence-corrected chi connectivity index (χ4v) is 2.25. The minimum atomic E-state index is -0.398. The molecule has 2 atom stereocenters. The second-order valence-corrected chi connectivity index (χ2v) is 5.85. The van der Waals surface area contributed by atoms with E-state index in [2.05, 4.69) is 18.8 Å². The van der Waals surface area contributed by atoms with Gasteiger partial charge in [0.15, 0.2) is 5.90 Å². The molecule has 0 aromatic carbocycles. The van der Waals surface area contributed by atoms with Gasteiger partial charge in [-0.25, -0.2) is 4.99 Å². The quantitative estimate of drug-likeness (QED) is 0.640. The first kappa shape index (κ1) is 15.5. The minimum absolute atomic E-state index is 0.0697. The maximum atomic E-state index is 9.23. The van der Waals surface area contributed by atoms with Crippen molar-refractivity contribution in [2.75, 3.05) is 13.2 Å². The number of aliphatic hydroxyl groups excluding tert-OH is 1. The summed E-state index contributed by atoms with van der Waals surface area (Å²) in [6.45, 7) is 6.96. The van der Waals surface area contributed by atoms with Crippen LogP contribution in [-0.2, 0) is 4.74 Å². The molecule has 1 aliphatic heterocycles. The molecule has 3 nitrogen and oxygen atoms in total. The first-order valence-electron chi connectivity index (χ1n) is 7.44. The Bertz CT molecular complexity index is 265. The largest absolute Gasteiger partial charge is 0.478 e. The number of aliphatic hydroxyl groups is 1. The lowest BCUT2D eigenvalue weighted by Gasteiger charge is -2.12. The van der Waals surface area contributed by atoms with E-state index in [4.69, 9.17) is 4.74 Å². The van der Waals surface area contributed by atoms with Crippen molar-refractivity contribution in [3.63, 3.8) is 0 Å². The zero-order valence-electron chi connectivity index (χ0n) is 12.2. The van der Waals surface area contributed by atoms with Crippen LogP contribution in [0, 0.1) is 5.92 Å². The van der Waals surface area contributed by atoms with Crippen LogP contribution in [0.5, 0.6) is 0 Å². The molecule has 3 heteroatoms. The summed E-state index contributed by atoms with van der Waals surface area (Å²) >= 11 is 0. The number of rotatable bonds is 9. The van der Waals surface area contributed by atoms with Crippen LogP contribution in [0.15, 0.2) is 4.99 Å². The van der Waals surface area contributed by atoms with Crippen molar-refractivity contribution in [1.82, 2.24) is 0 Å². The van der Waals surface area contributed by atoms with Crippen molar-refractivity contribution < 1.29 is 9.84 Å². The monoisotopic (exact) mass is 255 g/mol. The average molecular weight is 255 g/mol. The van der Waals surface area contributed by atoms with E-state index in [-0.39, 0.29) is 6.61 Å². The Kier molecular flexibility index (Phi) is 6.69. The summed E-state index contributed by atoms with van der Waals surface area (Å²) in [5.74, 6) is 1.24. The van der Waals surface area contributed by atoms with Gasteiger partial charge in [0.1, 0.15) is 12.1 Å². The molecule has 0 radical (unpaired) electrons. The number of nitrogens with zero attached hydrogens (tertiary/aromatic N) is 1. The van der Waals surface area contributed by atoms with Crippen molar-refractivity contribution in [3.8, 4) is 0 Å². The van der Waals surface area contributed by atoms with Crippen molar-refractivity contribution in [2.45, 2.75) is 71.3 Å². The number of unbranched alkanes of at least 4 members (excludes halogenated alkanes) is 5. The molecule has 0 amide bonds. The second-order valence-electron chi connectivity index (χ2n) is 5.85. The van der Waals surface area contributed by atoms with Gasteiger partial charge in [0.25, 0.3) is 0 Å². The Hall–Kier alpha value is -0.570. The minimum Gasteiger partial charge on any atom is -0.478 e. The lowest BCUT2D eigenvalue weighted by Crippen LogP contribution is -2.28. The average Bonchev–Trinajstić information content (AvgIpc) is 2.77. The van der Waals surface area contributed by atoms with E-state index in [1.807, 2.05) is 6.92 Å². The molecule has 1 rings (SSSR count). The predicted molar refractivity (Wildman–Crippen MR) is 76.0 cm³/mol. The summed E-state index contributed by atoms with van der Waals surface area (Å²) in [5.41, 5.74) is -0.398. The Morgan fingerprint density at radius 2 is 1.94 bits per heavy atom. The summed E-state index contributed by atoms with van der Waals surface area (Å²) in [7, 11) is 0. The Morgan fingerprint density at radius 3 is 2.56 bits per heavy atom. The molecule has 0 aliphatic carbocycles. The lowest BCUT2D eigenvalue weighted by atomic mass is 10.0. The molecular formula is C15H29NO2. The fraction of sp³-hybridized carbons (Fsp3) is 0.933. The van der Waals surface area contributed by atoms with Crippen LogP contribution in [0.3, 0.4) is 0 Å². The number of hydrogen-bond acceptors (Lipinski definition) is 3. The first-order valence-corrected chi connectivity index (χ1v) is 7.44. The van der Waals surface area contributed by atoms with Gasteiger partial charge in [0.05, 0.1) is 6.61 Å². The van der Waals surface area contributed by atoms with Crippen LogP contribution >= 0.6 is 0 Å². The molecule has 0 aromatic heterocycles. The third-order valence-corrected chi connectivity index (χ3v) is 3.66. The Balaban J connectivity index is 2.17. The van der Waals surface area contributed by atoms with Crippen LogP contribution in [-0.4, -0.2) is 29.8 Å². The SMILES string of the molecule is CCCCCCCCC(C)C1=NC(C)(CO)CO1. The van der Waals surface area contributed by atoms with E-state index < -0.39 is 5.54 Å². The van der Waals surface area contributed by atoms with Gasteiger partial charge in [-0.1, -0.05) is 52.4 Å². The smallest absolute Gasteiger partial charge is 0.186 e. The first-order chi connectivity index (χ1) is 8.61. The summed E-state index contributed by atoms with van der Waals surface area (Å²) in [6.07, 6.45) is 9.10. The third kappa shape index (κ3) is 4.97. The molecule has 0 fully saturated rings. The molecule has 0 spiro atoms. The van der Waals surface area contributed by atoms with Gasteiger partial charge < -0.3 is 9.84 Å². The molecule has 2 unspecified atom stereocenters. The number of ether oxygens (including phenoxy) is 1. The number of aliphatic imine (C=N–C) groups is 1. The molecule has 0 bridgehead atoms. The molecular weight excluding hydrogens is 226 g/mol. The Labute approximate surface area is 112 Å². The van der Waals surface area contributed by atoms with Gasteiger partial charge in [-0.3, -0.25) is 0 Å². The Morgan fingerprint density at radius 1 is 1.28 bits per heavy atom. The molecule has 1 heterocycles. The highest BCUT2D eigenvalue weighted by Crippen LogP contribution is 2.23. The van der Waals surface area contributed by atoms with Crippen LogP contribution < -0.4 is 0 Å². The van der Waals surface area contributed by atoms with Crippen LogP contribution in [0.4, 0.5) is 0 Å². The third-order valence-electron chi connectivity index (χ3n) is 3.66. The summed E-state index contributed by atoms with van der Waals surface area (Å²) in [4.78, 5) is 4.51. The zero-order valence-corrected chi connectivity index (χ0v) is 12.2. The maximum Gasteiger partial charge on any atom is 0.186 e. The second kappa shape index (κ2) is 7.78. The predicted octanol–water partition coefficient (Wildman–Crippen LogP) is 3.55. The maximum absolute atomic E-state index is 9.23. The zero-order chi connectivity index (χ0) is 13.4. The molecule has 18 heavy (non-hydrogen) atoms. The van der Waals surface area contributed by atoms with Gasteiger partial charge in [-0.2, -0.15) is 0 Å². The van der Waals surface area contributed by atoms with Gasteiger partial charge in [0, 0.05) is 5.92 Å². The van der Waals surface area contributed by atoms with Gasteiger partial charge in [-0.05, 0) is 13.3 Å². The van der Waals surface area contributed by atoms with E-state index in [0.717, 1.165) is 12.3 Å². The van der Waals surface area contributed by atoms with Gasteiger partial charge in [0.2, 0.25) is 0 Å². The topological polar surface area (TPSA) is 41.8 Å². The molecule has 106 valence electrons. The molecule has 1 aliphatic rings. The van der Waals surface area contributed by atoms with Crippen molar-refractivity contribution in [2.24, 2.45) is 10.9 Å². The van der Waals surface area contributed by atoms with Crippen LogP contribution in [0.2, 0.25) is 0 Å². The van der Waals surface area contributed by atoms with E-state index in [1.54, 1.807) is 0 Å². The molecule has 0 aromatic rings. The normalized spacial score (nSPS) is 24.8. The highest BCUT2D eigenvalue weighted by atomic mass is 16.5. The molecule has 0 saturated carbocycles. The lowest BCUT2D eigenvalue weighted by molar-refractivity contribution is 0.167. The molecule has 0 saturated heterocycles. The summed E-state index contributed by atoms with van der Waals surface area (Å²) in [5, 5.41) is 9.23. The molecule has 1 N–H and O–H groups in total. The van der Waals surface area contributed by atoms with Crippen molar-refractivity contribution in [1.29, 1.82) is 0 Å². The highest BCUT2D eigenvalue weighted by molar-refractivity contribution is 5.80. The standard InChI is InChI=1S/C15H29NO2/c1-4-5-6-7-8-9-10-13(2)14-16-15(3,11-17)12-18-14/h13,17H,4-12H2,1-3H3. The van der Waals surface area contributed by atoms with Crippen LogP contribution in [0.25, 0.3) is 0 Å². The number of hydrogen-bond donors (Lipinski definition) is 1. The highest BCUT2D eigenvalue weighted by Gasteiger charge is 2.32. The van der Waals surface area contributed by atoms with Gasteiger partial charge in [-0.15, -0.1) is 0 Å².